The molecule has 0 saturated heterocycles. The molecule has 0 aromatic heterocycles. The first-order valence-electron chi connectivity index (χ1n) is 19.0. The fraction of sp³-hybridized carbons (Fsp3) is 0.488. The average molecular weight is 729 g/mol. The number of carbonyl (C=O) groups excluding carboxylic acids is 4. The van der Waals surface area contributed by atoms with E-state index in [2.05, 4.69) is 16.0 Å². The number of anilines is 1. The number of rotatable bonds is 19. The number of aliphatic hydroxyl groups is 1. The van der Waals surface area contributed by atoms with Gasteiger partial charge >= 0.3 is 6.09 Å². The number of amides is 4. The number of benzene rings is 3. The van der Waals surface area contributed by atoms with Gasteiger partial charge in [0.2, 0.25) is 17.7 Å². The summed E-state index contributed by atoms with van der Waals surface area (Å²) in [4.78, 5) is 56.3. The van der Waals surface area contributed by atoms with E-state index in [-0.39, 0.29) is 30.3 Å². The van der Waals surface area contributed by atoms with Crippen molar-refractivity contribution in [2.75, 3.05) is 11.4 Å². The summed E-state index contributed by atoms with van der Waals surface area (Å²) in [6, 6.07) is 19.7. The van der Waals surface area contributed by atoms with E-state index in [0.717, 1.165) is 22.8 Å². The zero-order valence-corrected chi connectivity index (χ0v) is 32.7. The van der Waals surface area contributed by atoms with Crippen LogP contribution in [0.1, 0.15) is 86.6 Å². The fourth-order valence-corrected chi connectivity index (χ4v) is 6.06. The number of nitrogens with zero attached hydrogens (tertiary/aromatic N) is 1. The Kier molecular flexibility index (Phi) is 17.0. The summed E-state index contributed by atoms with van der Waals surface area (Å²) in [7, 11) is 0. The van der Waals surface area contributed by atoms with Crippen LogP contribution >= 0.6 is 0 Å². The average Bonchev–Trinajstić information content (AvgIpc) is 3.13. The van der Waals surface area contributed by atoms with E-state index < -0.39 is 42.1 Å². The van der Waals surface area contributed by atoms with E-state index >= 15 is 0 Å². The molecule has 3 aromatic carbocycles. The minimum atomic E-state index is -1.15. The van der Waals surface area contributed by atoms with E-state index in [1.165, 1.54) is 4.90 Å². The summed E-state index contributed by atoms with van der Waals surface area (Å²) in [6.07, 6.45) is 1.92. The van der Waals surface area contributed by atoms with Crippen LogP contribution in [0.15, 0.2) is 84.4 Å². The lowest BCUT2D eigenvalue weighted by molar-refractivity contribution is -0.130. The van der Waals surface area contributed by atoms with Gasteiger partial charge in [0, 0.05) is 17.5 Å². The maximum atomic E-state index is 14.1. The van der Waals surface area contributed by atoms with Crippen LogP contribution in [-0.4, -0.2) is 59.7 Å². The van der Waals surface area contributed by atoms with Gasteiger partial charge in [-0.25, -0.2) is 4.79 Å². The van der Waals surface area contributed by atoms with Crippen molar-refractivity contribution in [2.24, 2.45) is 17.8 Å². The van der Waals surface area contributed by atoms with Crippen molar-refractivity contribution in [2.45, 2.75) is 112 Å². The van der Waals surface area contributed by atoms with Gasteiger partial charge in [-0.15, -0.1) is 0 Å². The van der Waals surface area contributed by atoms with Crippen molar-refractivity contribution in [1.29, 1.82) is 0 Å². The fourth-order valence-electron chi connectivity index (χ4n) is 6.06. The first-order chi connectivity index (χ1) is 25.2. The van der Waals surface area contributed by atoms with Crippen LogP contribution in [0.2, 0.25) is 0 Å². The van der Waals surface area contributed by atoms with Crippen LogP contribution in [0.5, 0.6) is 0 Å². The van der Waals surface area contributed by atoms with Crippen LogP contribution in [0.4, 0.5) is 10.5 Å². The number of fused-ring (bicyclic) bond motifs is 1. The summed E-state index contributed by atoms with van der Waals surface area (Å²) in [5.74, 6) is -1.01. The van der Waals surface area contributed by atoms with E-state index in [9.17, 15) is 24.3 Å². The number of unbranched alkanes of at least 4 members (excludes halogenated alkanes) is 1. The van der Waals surface area contributed by atoms with Gasteiger partial charge in [-0.2, -0.15) is 0 Å². The third kappa shape index (κ3) is 13.0. The molecule has 3 rings (SSSR count). The molecule has 0 bridgehead atoms. The molecule has 0 spiro atoms. The molecule has 0 fully saturated rings. The van der Waals surface area contributed by atoms with Crippen molar-refractivity contribution in [3.05, 3.63) is 90.0 Å². The second kappa shape index (κ2) is 21.1. The maximum absolute atomic E-state index is 14.1. The molecule has 0 aliphatic heterocycles. The van der Waals surface area contributed by atoms with E-state index in [4.69, 9.17) is 4.74 Å². The third-order valence-electron chi connectivity index (χ3n) is 9.04. The number of ether oxygens (including phenoxy) is 1. The minimum absolute atomic E-state index is 0.0166. The Labute approximate surface area is 315 Å². The number of aliphatic hydroxyl groups excluding tert-OH is 1. The third-order valence-corrected chi connectivity index (χ3v) is 9.04. The van der Waals surface area contributed by atoms with Gasteiger partial charge in [-0.3, -0.25) is 19.3 Å². The highest BCUT2D eigenvalue weighted by molar-refractivity contribution is 6.06. The zero-order valence-electron chi connectivity index (χ0n) is 32.7. The van der Waals surface area contributed by atoms with Crippen molar-refractivity contribution >= 4 is 40.3 Å². The van der Waals surface area contributed by atoms with E-state index in [1.807, 2.05) is 115 Å². The molecule has 0 saturated carbocycles. The van der Waals surface area contributed by atoms with E-state index in [1.54, 1.807) is 19.1 Å². The molecule has 4 atom stereocenters. The van der Waals surface area contributed by atoms with Crippen LogP contribution < -0.4 is 20.9 Å². The number of nitrogens with one attached hydrogen (secondary N) is 3. The lowest BCUT2D eigenvalue weighted by Crippen LogP contribution is -2.56. The van der Waals surface area contributed by atoms with Gasteiger partial charge < -0.3 is 25.8 Å². The van der Waals surface area contributed by atoms with Crippen LogP contribution in [0.25, 0.3) is 10.8 Å². The molecule has 10 heteroatoms. The summed E-state index contributed by atoms with van der Waals surface area (Å²) >= 11 is 0. The second-order valence-corrected chi connectivity index (χ2v) is 14.9. The molecule has 0 radical (unpaired) electrons. The normalized spacial score (nSPS) is 14.1. The number of hydrogen-bond donors (Lipinski definition) is 4. The monoisotopic (exact) mass is 728 g/mol. The van der Waals surface area contributed by atoms with Crippen molar-refractivity contribution in [1.82, 2.24) is 16.0 Å². The summed E-state index contributed by atoms with van der Waals surface area (Å²) in [5, 5.41) is 21.9. The van der Waals surface area contributed by atoms with Crippen molar-refractivity contribution < 1.29 is 29.0 Å². The molecule has 10 nitrogen and oxygen atoms in total. The first-order valence-corrected chi connectivity index (χ1v) is 19.0. The highest BCUT2D eigenvalue weighted by Crippen LogP contribution is 2.29. The highest BCUT2D eigenvalue weighted by Gasteiger charge is 2.34. The molecule has 4 amide bonds. The Morgan fingerprint density at radius 1 is 0.811 bits per heavy atom. The first kappa shape index (κ1) is 42.7. The molecule has 0 heterocycles. The van der Waals surface area contributed by atoms with Gasteiger partial charge in [0.1, 0.15) is 18.7 Å². The van der Waals surface area contributed by atoms with Gasteiger partial charge in [0.05, 0.1) is 17.8 Å². The van der Waals surface area contributed by atoms with Crippen LogP contribution in [0, 0.1) is 17.8 Å². The largest absolute Gasteiger partial charge is 0.444 e. The zero-order chi connectivity index (χ0) is 39.1. The standard InChI is InChI=1S/C43H60N4O6/c1-9-10-22-36(42(51)46-37(24-28(2)3)39(48)25-35(30(6)7)41(50)44-26-29(4)5)45-40(49)31(8)47(43(52)53-27-32-17-12-11-13-18-32)38-23-16-20-33-19-14-15-21-34(33)38/h11-21,23,25,28-31,36-37,39,48H,9-10,22,24,26-27H2,1-8H3,(H,44,50)(H,45,49)(H,46,51)/t31-,36-,37-,39-/m0/s1. The molecular formula is C43H60N4O6. The smallest absolute Gasteiger partial charge is 0.415 e. The molecule has 4 N–H and O–H groups in total. The summed E-state index contributed by atoms with van der Waals surface area (Å²) in [6.45, 7) is 15.9. The Morgan fingerprint density at radius 3 is 2.11 bits per heavy atom. The Balaban J connectivity index is 1.90. The van der Waals surface area contributed by atoms with Gasteiger partial charge in [0.25, 0.3) is 0 Å². The van der Waals surface area contributed by atoms with Gasteiger partial charge in [0.15, 0.2) is 0 Å². The lowest BCUT2D eigenvalue weighted by Gasteiger charge is -2.31. The molecule has 288 valence electrons. The molecule has 3 aromatic rings. The summed E-state index contributed by atoms with van der Waals surface area (Å²) in [5.41, 5.74) is 1.75. The minimum Gasteiger partial charge on any atom is -0.444 e. The second-order valence-electron chi connectivity index (χ2n) is 14.9. The van der Waals surface area contributed by atoms with Crippen LogP contribution in [-0.2, 0) is 25.7 Å². The molecule has 0 aliphatic carbocycles. The van der Waals surface area contributed by atoms with Gasteiger partial charge in [-0.05, 0) is 60.6 Å². The Bertz CT molecular complexity index is 1670. The summed E-state index contributed by atoms with van der Waals surface area (Å²) < 4.78 is 5.76. The van der Waals surface area contributed by atoms with Crippen LogP contribution in [0.3, 0.4) is 0 Å². The lowest BCUT2D eigenvalue weighted by atomic mass is 9.93. The number of carbonyl (C=O) groups is 4. The van der Waals surface area contributed by atoms with Crippen molar-refractivity contribution in [3.8, 4) is 0 Å². The maximum Gasteiger partial charge on any atom is 0.415 e. The predicted molar refractivity (Wildman–Crippen MR) is 212 cm³/mol. The van der Waals surface area contributed by atoms with Gasteiger partial charge in [-0.1, -0.05) is 128 Å². The quantitative estimate of drug-likeness (QED) is 0.0958. The molecule has 53 heavy (non-hydrogen) atoms. The predicted octanol–water partition coefficient (Wildman–Crippen LogP) is 7.29. The molecule has 0 unspecified atom stereocenters. The number of hydrogen-bond acceptors (Lipinski definition) is 6. The topological polar surface area (TPSA) is 137 Å². The van der Waals surface area contributed by atoms with Crippen molar-refractivity contribution in [3.63, 3.8) is 0 Å². The Hall–Kier alpha value is -4.70. The molecular weight excluding hydrogens is 668 g/mol. The molecule has 0 aliphatic rings. The SMILES string of the molecule is CCCC[C@H](NC(=O)[C@H](C)N(C(=O)OCc1ccccc1)c1cccc2ccccc12)C(=O)N[C@@H](CC(C)C)[C@@H](O)C=C(C(=O)NCC(C)C)C(C)C. The Morgan fingerprint density at radius 2 is 1.47 bits per heavy atom. The highest BCUT2D eigenvalue weighted by atomic mass is 16.6. The van der Waals surface area contributed by atoms with E-state index in [0.29, 0.717) is 37.1 Å².